The molecule has 2 rings (SSSR count). The zero-order valence-corrected chi connectivity index (χ0v) is 12.8. The number of benzene rings is 1. The third kappa shape index (κ3) is 4.15. The molecule has 0 spiro atoms. The molecule has 20 heavy (non-hydrogen) atoms. The van der Waals surface area contributed by atoms with Crippen LogP contribution in [0.4, 0.5) is 0 Å². The lowest BCUT2D eigenvalue weighted by Crippen LogP contribution is -2.43. The van der Waals surface area contributed by atoms with Crippen molar-refractivity contribution in [3.05, 3.63) is 29.8 Å². The van der Waals surface area contributed by atoms with Crippen molar-refractivity contribution in [2.24, 2.45) is 10.9 Å². The van der Waals surface area contributed by atoms with E-state index in [4.69, 9.17) is 4.74 Å². The normalized spacial score (nSPS) is 23.1. The first-order valence-corrected chi connectivity index (χ1v) is 7.29. The first-order chi connectivity index (χ1) is 9.60. The number of hydrogen-bond donors (Lipinski definition) is 2. The van der Waals surface area contributed by atoms with E-state index in [1.54, 1.807) is 7.05 Å². The molecule has 110 valence electrons. The van der Waals surface area contributed by atoms with E-state index in [1.807, 2.05) is 18.2 Å². The SMILES string of the molecule is CN=C(NCC(C)Oc1ccccc1C)NC1CC1C. The Balaban J connectivity index is 1.76. The van der Waals surface area contributed by atoms with E-state index in [0.29, 0.717) is 6.04 Å². The van der Waals surface area contributed by atoms with Gasteiger partial charge in [-0.3, -0.25) is 4.99 Å². The van der Waals surface area contributed by atoms with Crippen LogP contribution in [0.5, 0.6) is 5.75 Å². The van der Waals surface area contributed by atoms with Crippen molar-refractivity contribution < 1.29 is 4.74 Å². The Hall–Kier alpha value is -1.71. The van der Waals surface area contributed by atoms with Crippen LogP contribution in [0, 0.1) is 12.8 Å². The molecule has 0 radical (unpaired) electrons. The number of nitrogens with zero attached hydrogens (tertiary/aromatic N) is 1. The molecule has 0 saturated heterocycles. The molecule has 0 aliphatic heterocycles. The predicted octanol–water partition coefficient (Wildman–Crippen LogP) is 2.34. The molecular formula is C16H25N3O. The lowest BCUT2D eigenvalue weighted by molar-refractivity contribution is 0.222. The second kappa shape index (κ2) is 6.64. The van der Waals surface area contributed by atoms with Gasteiger partial charge in [0.25, 0.3) is 0 Å². The number of nitrogens with one attached hydrogen (secondary N) is 2. The van der Waals surface area contributed by atoms with Gasteiger partial charge in [0.05, 0.1) is 6.54 Å². The minimum Gasteiger partial charge on any atom is -0.489 e. The zero-order valence-electron chi connectivity index (χ0n) is 12.8. The van der Waals surface area contributed by atoms with Crippen molar-refractivity contribution in [3.8, 4) is 5.75 Å². The molecule has 0 aromatic heterocycles. The maximum absolute atomic E-state index is 5.94. The maximum Gasteiger partial charge on any atom is 0.191 e. The molecule has 4 heteroatoms. The summed E-state index contributed by atoms with van der Waals surface area (Å²) in [7, 11) is 1.80. The summed E-state index contributed by atoms with van der Waals surface area (Å²) in [5, 5.41) is 6.72. The average Bonchev–Trinajstić information content (AvgIpc) is 3.12. The molecule has 1 aromatic carbocycles. The summed E-state index contributed by atoms with van der Waals surface area (Å²) in [5.41, 5.74) is 1.16. The van der Waals surface area contributed by atoms with Crippen LogP contribution in [0.1, 0.15) is 25.8 Å². The van der Waals surface area contributed by atoms with Gasteiger partial charge < -0.3 is 15.4 Å². The van der Waals surface area contributed by atoms with Crippen molar-refractivity contribution in [3.63, 3.8) is 0 Å². The van der Waals surface area contributed by atoms with Crippen molar-refractivity contribution in [1.29, 1.82) is 0 Å². The molecule has 3 atom stereocenters. The van der Waals surface area contributed by atoms with Gasteiger partial charge in [0, 0.05) is 13.1 Å². The van der Waals surface area contributed by atoms with E-state index in [1.165, 1.54) is 6.42 Å². The van der Waals surface area contributed by atoms with Crippen LogP contribution < -0.4 is 15.4 Å². The Morgan fingerprint density at radius 1 is 1.45 bits per heavy atom. The standard InChI is InChI=1S/C16H25N3O/c1-11-7-5-6-8-15(11)20-13(3)10-18-16(17-4)19-14-9-12(14)2/h5-8,12-14H,9-10H2,1-4H3,(H2,17,18,19). The van der Waals surface area contributed by atoms with E-state index in [2.05, 4.69) is 42.5 Å². The van der Waals surface area contributed by atoms with Gasteiger partial charge in [0.15, 0.2) is 5.96 Å². The summed E-state index contributed by atoms with van der Waals surface area (Å²) in [6.07, 6.45) is 1.32. The van der Waals surface area contributed by atoms with Gasteiger partial charge in [-0.05, 0) is 37.8 Å². The second-order valence-corrected chi connectivity index (χ2v) is 5.61. The van der Waals surface area contributed by atoms with Crippen molar-refractivity contribution in [2.45, 2.75) is 39.3 Å². The third-order valence-electron chi connectivity index (χ3n) is 3.63. The van der Waals surface area contributed by atoms with Crippen LogP contribution >= 0.6 is 0 Å². The second-order valence-electron chi connectivity index (χ2n) is 5.61. The number of hydrogen-bond acceptors (Lipinski definition) is 2. The molecule has 1 aliphatic carbocycles. The predicted molar refractivity (Wildman–Crippen MR) is 83.3 cm³/mol. The summed E-state index contributed by atoms with van der Waals surface area (Å²) in [5.74, 6) is 2.56. The van der Waals surface area contributed by atoms with Crippen LogP contribution in [-0.4, -0.2) is 31.7 Å². The minimum atomic E-state index is 0.0891. The van der Waals surface area contributed by atoms with E-state index in [9.17, 15) is 0 Å². The molecule has 0 amide bonds. The van der Waals surface area contributed by atoms with E-state index < -0.39 is 0 Å². The van der Waals surface area contributed by atoms with Crippen molar-refractivity contribution in [2.75, 3.05) is 13.6 Å². The van der Waals surface area contributed by atoms with E-state index in [-0.39, 0.29) is 6.10 Å². The Kier molecular flexibility index (Phi) is 4.88. The van der Waals surface area contributed by atoms with Crippen LogP contribution in [0.15, 0.2) is 29.3 Å². The van der Waals surface area contributed by atoms with Gasteiger partial charge >= 0.3 is 0 Å². The van der Waals surface area contributed by atoms with Crippen molar-refractivity contribution >= 4 is 5.96 Å². The molecular weight excluding hydrogens is 250 g/mol. The summed E-state index contributed by atoms with van der Waals surface area (Å²) in [4.78, 5) is 4.24. The summed E-state index contributed by atoms with van der Waals surface area (Å²) >= 11 is 0. The number of para-hydroxylation sites is 1. The monoisotopic (exact) mass is 275 g/mol. The first kappa shape index (κ1) is 14.7. The Morgan fingerprint density at radius 2 is 2.15 bits per heavy atom. The number of guanidine groups is 1. The largest absolute Gasteiger partial charge is 0.489 e. The molecule has 4 nitrogen and oxygen atoms in total. The Bertz CT molecular complexity index is 473. The highest BCUT2D eigenvalue weighted by molar-refractivity contribution is 5.80. The number of aliphatic imine (C=N–C) groups is 1. The number of ether oxygens (including phenoxy) is 1. The van der Waals surface area contributed by atoms with E-state index in [0.717, 1.165) is 29.7 Å². The van der Waals surface area contributed by atoms with Crippen LogP contribution in [0.25, 0.3) is 0 Å². The smallest absolute Gasteiger partial charge is 0.191 e. The fourth-order valence-electron chi connectivity index (χ4n) is 2.08. The minimum absolute atomic E-state index is 0.0891. The molecule has 0 bridgehead atoms. The summed E-state index contributed by atoms with van der Waals surface area (Å²) < 4.78 is 5.94. The zero-order chi connectivity index (χ0) is 14.5. The Labute approximate surface area is 121 Å². The highest BCUT2D eigenvalue weighted by atomic mass is 16.5. The molecule has 1 aromatic rings. The van der Waals surface area contributed by atoms with Gasteiger partial charge in [-0.15, -0.1) is 0 Å². The molecule has 0 heterocycles. The van der Waals surface area contributed by atoms with Crippen LogP contribution in [-0.2, 0) is 0 Å². The lowest BCUT2D eigenvalue weighted by atomic mass is 10.2. The van der Waals surface area contributed by atoms with Crippen LogP contribution in [0.2, 0.25) is 0 Å². The van der Waals surface area contributed by atoms with Crippen molar-refractivity contribution in [1.82, 2.24) is 10.6 Å². The summed E-state index contributed by atoms with van der Waals surface area (Å²) in [6.45, 7) is 7.10. The molecule has 2 N–H and O–H groups in total. The third-order valence-corrected chi connectivity index (χ3v) is 3.63. The van der Waals surface area contributed by atoms with Gasteiger partial charge in [0.1, 0.15) is 11.9 Å². The quantitative estimate of drug-likeness (QED) is 0.640. The molecule has 3 unspecified atom stereocenters. The fourth-order valence-corrected chi connectivity index (χ4v) is 2.08. The Morgan fingerprint density at radius 3 is 2.75 bits per heavy atom. The highest BCUT2D eigenvalue weighted by Gasteiger charge is 2.33. The summed E-state index contributed by atoms with van der Waals surface area (Å²) in [6, 6.07) is 8.66. The molecule has 1 fully saturated rings. The average molecular weight is 275 g/mol. The molecule has 1 aliphatic rings. The maximum atomic E-state index is 5.94. The highest BCUT2D eigenvalue weighted by Crippen LogP contribution is 2.28. The topological polar surface area (TPSA) is 45.7 Å². The lowest BCUT2D eigenvalue weighted by Gasteiger charge is -2.18. The van der Waals surface area contributed by atoms with Gasteiger partial charge in [-0.25, -0.2) is 0 Å². The van der Waals surface area contributed by atoms with E-state index >= 15 is 0 Å². The molecule has 1 saturated carbocycles. The first-order valence-electron chi connectivity index (χ1n) is 7.29. The fraction of sp³-hybridized carbons (Fsp3) is 0.562. The van der Waals surface area contributed by atoms with Gasteiger partial charge in [-0.1, -0.05) is 25.1 Å². The van der Waals surface area contributed by atoms with Gasteiger partial charge in [0.2, 0.25) is 0 Å². The number of rotatable bonds is 5. The van der Waals surface area contributed by atoms with Gasteiger partial charge in [-0.2, -0.15) is 0 Å². The van der Waals surface area contributed by atoms with Crippen LogP contribution in [0.3, 0.4) is 0 Å². The number of aryl methyl sites for hydroxylation is 1.